The molecule has 1 aromatic carbocycles. The van der Waals surface area contributed by atoms with E-state index in [0.29, 0.717) is 19.4 Å². The first kappa shape index (κ1) is 15.0. The first-order valence-electron chi connectivity index (χ1n) is 6.64. The van der Waals surface area contributed by atoms with Crippen molar-refractivity contribution in [3.8, 4) is 5.75 Å². The molecule has 0 radical (unpaired) electrons. The van der Waals surface area contributed by atoms with E-state index in [1.807, 2.05) is 40.0 Å². The summed E-state index contributed by atoms with van der Waals surface area (Å²) in [6.45, 7) is 7.12. The molecule has 18 heavy (non-hydrogen) atoms. The molecule has 0 saturated carbocycles. The van der Waals surface area contributed by atoms with E-state index in [2.05, 4.69) is 11.4 Å². The molecule has 3 nitrogen and oxygen atoms in total. The third-order valence-corrected chi connectivity index (χ3v) is 3.46. The molecule has 0 spiro atoms. The largest absolute Gasteiger partial charge is 0.490 e. The molecule has 0 unspecified atom stereocenters. The van der Waals surface area contributed by atoms with Gasteiger partial charge in [-0.25, -0.2) is 0 Å². The van der Waals surface area contributed by atoms with Crippen molar-refractivity contribution >= 4 is 0 Å². The Morgan fingerprint density at radius 1 is 1.28 bits per heavy atom. The van der Waals surface area contributed by atoms with Gasteiger partial charge in [-0.05, 0) is 32.4 Å². The van der Waals surface area contributed by atoms with E-state index in [1.165, 1.54) is 0 Å². The molecule has 0 aromatic heterocycles. The molecule has 2 N–H and O–H groups in total. The zero-order chi connectivity index (χ0) is 13.6. The maximum atomic E-state index is 10.3. The van der Waals surface area contributed by atoms with Crippen molar-refractivity contribution in [3.05, 3.63) is 29.3 Å². The second-order valence-electron chi connectivity index (χ2n) is 4.81. The first-order chi connectivity index (χ1) is 8.56. The Hall–Kier alpha value is -1.06. The van der Waals surface area contributed by atoms with E-state index in [4.69, 9.17) is 4.74 Å². The summed E-state index contributed by atoms with van der Waals surface area (Å²) >= 11 is 0. The summed E-state index contributed by atoms with van der Waals surface area (Å²) in [5, 5.41) is 13.4. The lowest BCUT2D eigenvalue weighted by molar-refractivity contribution is -0.0117. The van der Waals surface area contributed by atoms with Gasteiger partial charge in [-0.3, -0.25) is 0 Å². The number of hydrogen-bond donors (Lipinski definition) is 2. The lowest BCUT2D eigenvalue weighted by Gasteiger charge is -2.26. The van der Waals surface area contributed by atoms with Gasteiger partial charge in [0.25, 0.3) is 0 Å². The summed E-state index contributed by atoms with van der Waals surface area (Å²) in [5.74, 6) is 0.896. The van der Waals surface area contributed by atoms with Crippen LogP contribution in [0.2, 0.25) is 0 Å². The van der Waals surface area contributed by atoms with Crippen molar-refractivity contribution in [1.29, 1.82) is 0 Å². The highest BCUT2D eigenvalue weighted by Crippen LogP contribution is 2.25. The monoisotopic (exact) mass is 251 g/mol. The van der Waals surface area contributed by atoms with Gasteiger partial charge in [-0.2, -0.15) is 0 Å². The van der Waals surface area contributed by atoms with Crippen molar-refractivity contribution in [1.82, 2.24) is 5.32 Å². The van der Waals surface area contributed by atoms with Gasteiger partial charge in [-0.1, -0.05) is 32.0 Å². The Morgan fingerprint density at radius 3 is 2.50 bits per heavy atom. The molecule has 102 valence electrons. The molecular formula is C15H25NO2. The lowest BCUT2D eigenvalue weighted by atomic mass is 9.99. The van der Waals surface area contributed by atoms with Gasteiger partial charge in [0.15, 0.2) is 0 Å². The fraction of sp³-hybridized carbons (Fsp3) is 0.600. The summed E-state index contributed by atoms with van der Waals surface area (Å²) in [7, 11) is 1.92. The van der Waals surface area contributed by atoms with E-state index in [-0.39, 0.29) is 0 Å². The average molecular weight is 251 g/mol. The molecule has 0 aliphatic carbocycles. The number of aliphatic hydroxyl groups is 1. The summed E-state index contributed by atoms with van der Waals surface area (Å²) < 4.78 is 5.88. The Morgan fingerprint density at radius 2 is 1.94 bits per heavy atom. The summed E-state index contributed by atoms with van der Waals surface area (Å²) in [4.78, 5) is 0. The molecule has 0 amide bonds. The van der Waals surface area contributed by atoms with Crippen LogP contribution in [0.1, 0.15) is 37.8 Å². The maximum Gasteiger partial charge on any atom is 0.126 e. The predicted molar refractivity (Wildman–Crippen MR) is 75.0 cm³/mol. The SMILES string of the molecule is CCC(O)(CC)COc1c(C)cccc1CNC. The van der Waals surface area contributed by atoms with E-state index in [9.17, 15) is 5.11 Å². The molecule has 0 heterocycles. The Labute approximate surface area is 110 Å². The number of rotatable bonds is 7. The Bertz CT molecular complexity index is 373. The molecule has 0 saturated heterocycles. The quantitative estimate of drug-likeness (QED) is 0.783. The number of nitrogens with one attached hydrogen (secondary N) is 1. The van der Waals surface area contributed by atoms with Gasteiger partial charge in [0, 0.05) is 12.1 Å². The van der Waals surface area contributed by atoms with Crippen LogP contribution in [0.15, 0.2) is 18.2 Å². The molecule has 0 bridgehead atoms. The van der Waals surface area contributed by atoms with E-state index < -0.39 is 5.60 Å². The summed E-state index contributed by atoms with van der Waals surface area (Å²) in [6.07, 6.45) is 1.41. The Balaban J connectivity index is 2.83. The molecule has 1 rings (SSSR count). The number of ether oxygens (including phenoxy) is 1. The van der Waals surface area contributed by atoms with Crippen LogP contribution in [0.25, 0.3) is 0 Å². The van der Waals surface area contributed by atoms with Gasteiger partial charge in [0.2, 0.25) is 0 Å². The number of aryl methyl sites for hydroxylation is 1. The summed E-state index contributed by atoms with van der Waals surface area (Å²) in [5.41, 5.74) is 1.52. The standard InChI is InChI=1S/C15H25NO2/c1-5-15(17,6-2)11-18-14-12(3)8-7-9-13(14)10-16-4/h7-9,16-17H,5-6,10-11H2,1-4H3. The molecule has 0 aliphatic rings. The van der Waals surface area contributed by atoms with E-state index >= 15 is 0 Å². The van der Waals surface area contributed by atoms with Crippen LogP contribution in [-0.4, -0.2) is 24.4 Å². The number of benzene rings is 1. The minimum absolute atomic E-state index is 0.349. The lowest BCUT2D eigenvalue weighted by Crippen LogP contribution is -2.34. The second kappa shape index (κ2) is 6.76. The van der Waals surface area contributed by atoms with Crippen LogP contribution in [0.4, 0.5) is 0 Å². The molecule has 1 aromatic rings. The normalized spacial score (nSPS) is 11.6. The smallest absolute Gasteiger partial charge is 0.126 e. The Kier molecular flexibility index (Phi) is 5.63. The van der Waals surface area contributed by atoms with Gasteiger partial charge < -0.3 is 15.2 Å². The minimum Gasteiger partial charge on any atom is -0.490 e. The fourth-order valence-electron chi connectivity index (χ4n) is 1.91. The predicted octanol–water partition coefficient (Wildman–Crippen LogP) is 2.64. The third-order valence-electron chi connectivity index (χ3n) is 3.46. The van der Waals surface area contributed by atoms with Crippen molar-refractivity contribution in [2.24, 2.45) is 0 Å². The summed E-state index contributed by atoms with van der Waals surface area (Å²) in [6, 6.07) is 6.11. The molecular weight excluding hydrogens is 226 g/mol. The number of para-hydroxylation sites is 1. The van der Waals surface area contributed by atoms with Crippen molar-refractivity contribution in [3.63, 3.8) is 0 Å². The van der Waals surface area contributed by atoms with Crippen LogP contribution in [0.5, 0.6) is 5.75 Å². The van der Waals surface area contributed by atoms with E-state index in [0.717, 1.165) is 23.4 Å². The molecule has 3 heteroatoms. The van der Waals surface area contributed by atoms with Crippen LogP contribution in [0, 0.1) is 6.92 Å². The van der Waals surface area contributed by atoms with Crippen LogP contribution in [-0.2, 0) is 6.54 Å². The van der Waals surface area contributed by atoms with Crippen LogP contribution in [0.3, 0.4) is 0 Å². The number of hydrogen-bond acceptors (Lipinski definition) is 3. The van der Waals surface area contributed by atoms with Crippen molar-refractivity contribution in [2.75, 3.05) is 13.7 Å². The highest BCUT2D eigenvalue weighted by Gasteiger charge is 2.23. The molecule has 0 atom stereocenters. The van der Waals surface area contributed by atoms with Gasteiger partial charge >= 0.3 is 0 Å². The fourth-order valence-corrected chi connectivity index (χ4v) is 1.91. The second-order valence-corrected chi connectivity index (χ2v) is 4.81. The molecule has 0 aliphatic heterocycles. The third kappa shape index (κ3) is 3.72. The van der Waals surface area contributed by atoms with Crippen molar-refractivity contribution in [2.45, 2.75) is 45.8 Å². The van der Waals surface area contributed by atoms with Gasteiger partial charge in [0.05, 0.1) is 5.60 Å². The van der Waals surface area contributed by atoms with Crippen LogP contribution >= 0.6 is 0 Å². The topological polar surface area (TPSA) is 41.5 Å². The zero-order valence-corrected chi connectivity index (χ0v) is 11.9. The van der Waals surface area contributed by atoms with Gasteiger partial charge in [0.1, 0.15) is 12.4 Å². The minimum atomic E-state index is -0.723. The zero-order valence-electron chi connectivity index (χ0n) is 11.9. The first-order valence-corrected chi connectivity index (χ1v) is 6.64. The van der Waals surface area contributed by atoms with Crippen LogP contribution < -0.4 is 10.1 Å². The van der Waals surface area contributed by atoms with Gasteiger partial charge in [-0.15, -0.1) is 0 Å². The molecule has 0 fully saturated rings. The maximum absolute atomic E-state index is 10.3. The average Bonchev–Trinajstić information content (AvgIpc) is 2.38. The van der Waals surface area contributed by atoms with Crippen molar-refractivity contribution < 1.29 is 9.84 Å². The highest BCUT2D eigenvalue weighted by molar-refractivity contribution is 5.40. The highest BCUT2D eigenvalue weighted by atomic mass is 16.5. The van der Waals surface area contributed by atoms with E-state index in [1.54, 1.807) is 0 Å².